The van der Waals surface area contributed by atoms with Crippen molar-refractivity contribution in [3.05, 3.63) is 65.2 Å². The van der Waals surface area contributed by atoms with Gasteiger partial charge in [-0.2, -0.15) is 0 Å². The third kappa shape index (κ3) is 4.59. The zero-order chi connectivity index (χ0) is 15.1. The summed E-state index contributed by atoms with van der Waals surface area (Å²) in [6.07, 6.45) is 2.90. The highest BCUT2D eigenvalue weighted by Crippen LogP contribution is 2.14. The number of aryl methyl sites for hydroxylation is 1. The van der Waals surface area contributed by atoms with Gasteiger partial charge in [-0.15, -0.1) is 0 Å². The second-order valence-electron chi connectivity index (χ2n) is 5.29. The Bertz CT molecular complexity index is 485. The number of hydrazine groups is 1. The third-order valence-electron chi connectivity index (χ3n) is 3.79. The van der Waals surface area contributed by atoms with Gasteiger partial charge >= 0.3 is 0 Å². The van der Waals surface area contributed by atoms with Crippen molar-refractivity contribution in [1.82, 2.24) is 5.43 Å². The van der Waals surface area contributed by atoms with Gasteiger partial charge in [-0.25, -0.2) is 0 Å². The van der Waals surface area contributed by atoms with E-state index in [-0.39, 0.29) is 6.04 Å². The molecule has 2 rings (SSSR count). The first kappa shape index (κ1) is 15.5. The Morgan fingerprint density at radius 1 is 0.905 bits per heavy atom. The summed E-state index contributed by atoms with van der Waals surface area (Å²) in [6, 6.07) is 17.1. The maximum absolute atomic E-state index is 5.71. The summed E-state index contributed by atoms with van der Waals surface area (Å²) in [5.41, 5.74) is 6.85. The molecule has 2 aromatic rings. The van der Waals surface area contributed by atoms with Crippen LogP contribution in [0.15, 0.2) is 48.5 Å². The van der Waals surface area contributed by atoms with Crippen molar-refractivity contribution >= 4 is 0 Å². The van der Waals surface area contributed by atoms with Gasteiger partial charge in [0.25, 0.3) is 0 Å². The summed E-state index contributed by atoms with van der Waals surface area (Å²) in [4.78, 5) is 0. The number of ether oxygens (including phenoxy) is 1. The standard InChI is InChI=1S/C18H24N2O/c1-3-14-4-6-15(7-5-14)12-17(20-19)13-16-8-10-18(21-2)11-9-16/h4-11,17,20H,3,12-13,19H2,1-2H3. The maximum Gasteiger partial charge on any atom is 0.118 e. The Morgan fingerprint density at radius 2 is 1.38 bits per heavy atom. The second kappa shape index (κ2) is 7.81. The summed E-state index contributed by atoms with van der Waals surface area (Å²) >= 11 is 0. The Morgan fingerprint density at radius 3 is 1.81 bits per heavy atom. The van der Waals surface area contributed by atoms with Crippen LogP contribution in [0, 0.1) is 0 Å². The maximum atomic E-state index is 5.71. The van der Waals surface area contributed by atoms with E-state index in [1.165, 1.54) is 16.7 Å². The molecule has 0 saturated heterocycles. The van der Waals surface area contributed by atoms with E-state index < -0.39 is 0 Å². The lowest BCUT2D eigenvalue weighted by atomic mass is 9.98. The number of nitrogens with one attached hydrogen (secondary N) is 1. The molecule has 0 saturated carbocycles. The SMILES string of the molecule is CCc1ccc(CC(Cc2ccc(OC)cc2)NN)cc1. The highest BCUT2D eigenvalue weighted by Gasteiger charge is 2.09. The van der Waals surface area contributed by atoms with Crippen molar-refractivity contribution in [3.63, 3.8) is 0 Å². The summed E-state index contributed by atoms with van der Waals surface area (Å²) in [7, 11) is 1.68. The predicted molar refractivity (Wildman–Crippen MR) is 87.3 cm³/mol. The largest absolute Gasteiger partial charge is 0.497 e. The molecule has 0 aromatic heterocycles. The fourth-order valence-electron chi connectivity index (χ4n) is 2.43. The van der Waals surface area contributed by atoms with Gasteiger partial charge in [-0.1, -0.05) is 43.3 Å². The minimum absolute atomic E-state index is 0.228. The Balaban J connectivity index is 1.98. The quantitative estimate of drug-likeness (QED) is 0.607. The van der Waals surface area contributed by atoms with Gasteiger partial charge in [0.15, 0.2) is 0 Å². The number of hydrogen-bond acceptors (Lipinski definition) is 3. The summed E-state index contributed by atoms with van der Waals surface area (Å²) in [6.45, 7) is 2.17. The van der Waals surface area contributed by atoms with Gasteiger partial charge in [0, 0.05) is 6.04 Å². The van der Waals surface area contributed by atoms with Crippen molar-refractivity contribution in [1.29, 1.82) is 0 Å². The summed E-state index contributed by atoms with van der Waals surface area (Å²) in [5, 5.41) is 0. The molecule has 0 radical (unpaired) electrons. The molecule has 3 N–H and O–H groups in total. The molecule has 3 heteroatoms. The van der Waals surface area contributed by atoms with E-state index in [4.69, 9.17) is 10.6 Å². The molecule has 1 atom stereocenters. The Kier molecular flexibility index (Phi) is 5.78. The number of hydrogen-bond donors (Lipinski definition) is 2. The molecule has 0 aliphatic rings. The molecule has 0 spiro atoms. The molecule has 1 unspecified atom stereocenters. The van der Waals surface area contributed by atoms with Crippen LogP contribution in [0.25, 0.3) is 0 Å². The van der Waals surface area contributed by atoms with E-state index in [1.807, 2.05) is 12.1 Å². The molecule has 0 bridgehead atoms. The lowest BCUT2D eigenvalue weighted by molar-refractivity contribution is 0.414. The molecular weight excluding hydrogens is 260 g/mol. The first-order valence-corrected chi connectivity index (χ1v) is 7.42. The molecule has 0 fully saturated rings. The topological polar surface area (TPSA) is 47.3 Å². The van der Waals surface area contributed by atoms with Gasteiger partial charge in [-0.3, -0.25) is 11.3 Å². The molecule has 0 amide bonds. The van der Waals surface area contributed by atoms with E-state index in [2.05, 4.69) is 48.7 Å². The van der Waals surface area contributed by atoms with Crippen LogP contribution < -0.4 is 16.0 Å². The lowest BCUT2D eigenvalue weighted by Crippen LogP contribution is -2.38. The van der Waals surface area contributed by atoms with Crippen molar-refractivity contribution in [2.75, 3.05) is 7.11 Å². The van der Waals surface area contributed by atoms with E-state index in [0.29, 0.717) is 0 Å². The minimum atomic E-state index is 0.228. The van der Waals surface area contributed by atoms with Gasteiger partial charge < -0.3 is 4.74 Å². The van der Waals surface area contributed by atoms with Crippen LogP contribution in [-0.4, -0.2) is 13.2 Å². The van der Waals surface area contributed by atoms with E-state index in [1.54, 1.807) is 7.11 Å². The normalized spacial score (nSPS) is 12.1. The zero-order valence-electron chi connectivity index (χ0n) is 12.8. The van der Waals surface area contributed by atoms with Crippen LogP contribution in [0.5, 0.6) is 5.75 Å². The van der Waals surface area contributed by atoms with Gasteiger partial charge in [0.05, 0.1) is 7.11 Å². The van der Waals surface area contributed by atoms with Gasteiger partial charge in [-0.05, 0) is 48.1 Å². The average Bonchev–Trinajstić information content (AvgIpc) is 2.55. The van der Waals surface area contributed by atoms with E-state index in [9.17, 15) is 0 Å². The Labute approximate surface area is 127 Å². The van der Waals surface area contributed by atoms with Crippen molar-refractivity contribution in [3.8, 4) is 5.75 Å². The lowest BCUT2D eigenvalue weighted by Gasteiger charge is -2.16. The minimum Gasteiger partial charge on any atom is -0.497 e. The van der Waals surface area contributed by atoms with Crippen LogP contribution in [0.2, 0.25) is 0 Å². The van der Waals surface area contributed by atoms with Gasteiger partial charge in [0.2, 0.25) is 0 Å². The van der Waals surface area contributed by atoms with Crippen LogP contribution in [0.1, 0.15) is 23.6 Å². The highest BCUT2D eigenvalue weighted by atomic mass is 16.5. The fraction of sp³-hybridized carbons (Fsp3) is 0.333. The second-order valence-corrected chi connectivity index (χ2v) is 5.29. The Hall–Kier alpha value is -1.84. The number of methoxy groups -OCH3 is 1. The van der Waals surface area contributed by atoms with Crippen LogP contribution in [0.4, 0.5) is 0 Å². The highest BCUT2D eigenvalue weighted by molar-refractivity contribution is 5.28. The first-order chi connectivity index (χ1) is 10.2. The predicted octanol–water partition coefficient (Wildman–Crippen LogP) is 2.87. The monoisotopic (exact) mass is 284 g/mol. The molecular formula is C18H24N2O. The average molecular weight is 284 g/mol. The first-order valence-electron chi connectivity index (χ1n) is 7.42. The van der Waals surface area contributed by atoms with Crippen LogP contribution >= 0.6 is 0 Å². The van der Waals surface area contributed by atoms with Crippen LogP contribution in [-0.2, 0) is 19.3 Å². The van der Waals surface area contributed by atoms with Crippen LogP contribution in [0.3, 0.4) is 0 Å². The zero-order valence-corrected chi connectivity index (χ0v) is 12.8. The summed E-state index contributed by atoms with van der Waals surface area (Å²) in [5.74, 6) is 6.59. The number of rotatable bonds is 7. The molecule has 2 aromatic carbocycles. The van der Waals surface area contributed by atoms with Crippen molar-refractivity contribution in [2.24, 2.45) is 5.84 Å². The molecule has 0 aliphatic carbocycles. The summed E-state index contributed by atoms with van der Waals surface area (Å²) < 4.78 is 5.18. The molecule has 0 aliphatic heterocycles. The van der Waals surface area contributed by atoms with Gasteiger partial charge in [0.1, 0.15) is 5.75 Å². The fourth-order valence-corrected chi connectivity index (χ4v) is 2.43. The number of nitrogens with two attached hydrogens (primary N) is 1. The van der Waals surface area contributed by atoms with E-state index >= 15 is 0 Å². The molecule has 3 nitrogen and oxygen atoms in total. The van der Waals surface area contributed by atoms with Crippen molar-refractivity contribution in [2.45, 2.75) is 32.2 Å². The molecule has 21 heavy (non-hydrogen) atoms. The smallest absolute Gasteiger partial charge is 0.118 e. The number of benzene rings is 2. The van der Waals surface area contributed by atoms with Crippen molar-refractivity contribution < 1.29 is 4.74 Å². The molecule has 112 valence electrons. The van der Waals surface area contributed by atoms with E-state index in [0.717, 1.165) is 25.0 Å². The molecule has 0 heterocycles. The third-order valence-corrected chi connectivity index (χ3v) is 3.79.